The molecule has 2 aromatic carbocycles. The SMILES string of the molecule is Cc1cc(C)n(-c2ccc(Nc3ccc(NC(=O)c4ccc(C#N)cc4)cc3)nn2)n1. The molecule has 2 heterocycles. The van der Waals surface area contributed by atoms with Crippen molar-refractivity contribution in [1.82, 2.24) is 20.0 Å². The molecule has 152 valence electrons. The number of aromatic nitrogens is 4. The summed E-state index contributed by atoms with van der Waals surface area (Å²) in [5.41, 5.74) is 4.38. The number of nitriles is 1. The summed E-state index contributed by atoms with van der Waals surface area (Å²) < 4.78 is 1.75. The number of benzene rings is 2. The van der Waals surface area contributed by atoms with Crippen molar-refractivity contribution in [3.63, 3.8) is 0 Å². The molecular formula is C23H19N7O. The van der Waals surface area contributed by atoms with Crippen LogP contribution in [0.2, 0.25) is 0 Å². The standard InChI is InChI=1S/C23H19N7O/c1-15-13-16(2)30(29-15)22-12-11-21(27-28-22)25-19-7-9-20(10-8-19)26-23(31)18-5-3-17(14-24)4-6-18/h3-13H,1-2H3,(H,25,27)(H,26,31). The Kier molecular flexibility index (Phi) is 5.41. The first-order valence-electron chi connectivity index (χ1n) is 9.58. The number of amides is 1. The molecule has 0 fully saturated rings. The summed E-state index contributed by atoms with van der Waals surface area (Å²) in [7, 11) is 0. The average molecular weight is 409 g/mol. The van der Waals surface area contributed by atoms with Crippen LogP contribution in [-0.4, -0.2) is 25.9 Å². The lowest BCUT2D eigenvalue weighted by Crippen LogP contribution is -2.11. The monoisotopic (exact) mass is 409 g/mol. The molecule has 0 atom stereocenters. The second-order valence-corrected chi connectivity index (χ2v) is 6.96. The summed E-state index contributed by atoms with van der Waals surface area (Å²) in [6, 6.07) is 21.4. The smallest absolute Gasteiger partial charge is 0.255 e. The van der Waals surface area contributed by atoms with E-state index in [4.69, 9.17) is 5.26 Å². The van der Waals surface area contributed by atoms with Gasteiger partial charge in [0.15, 0.2) is 11.6 Å². The second kappa shape index (κ2) is 8.47. The molecule has 0 saturated carbocycles. The Balaban J connectivity index is 1.39. The van der Waals surface area contributed by atoms with Gasteiger partial charge in [0.2, 0.25) is 0 Å². The van der Waals surface area contributed by atoms with Gasteiger partial charge in [-0.1, -0.05) is 0 Å². The third-order valence-corrected chi connectivity index (χ3v) is 4.57. The van der Waals surface area contributed by atoms with Crippen LogP contribution in [-0.2, 0) is 0 Å². The van der Waals surface area contributed by atoms with Gasteiger partial charge in [-0.05, 0) is 80.6 Å². The van der Waals surface area contributed by atoms with E-state index in [1.807, 2.05) is 50.2 Å². The Morgan fingerprint density at radius 1 is 0.935 bits per heavy atom. The van der Waals surface area contributed by atoms with Gasteiger partial charge in [0.1, 0.15) is 0 Å². The largest absolute Gasteiger partial charge is 0.339 e. The van der Waals surface area contributed by atoms with Gasteiger partial charge >= 0.3 is 0 Å². The molecule has 0 unspecified atom stereocenters. The second-order valence-electron chi connectivity index (χ2n) is 6.96. The first kappa shape index (κ1) is 19.8. The van der Waals surface area contributed by atoms with Crippen LogP contribution in [0.1, 0.15) is 27.3 Å². The zero-order valence-corrected chi connectivity index (χ0v) is 17.0. The van der Waals surface area contributed by atoms with Crippen LogP contribution in [0.15, 0.2) is 66.7 Å². The fourth-order valence-corrected chi connectivity index (χ4v) is 3.05. The van der Waals surface area contributed by atoms with E-state index in [-0.39, 0.29) is 5.91 Å². The van der Waals surface area contributed by atoms with E-state index in [0.29, 0.717) is 28.5 Å². The predicted octanol–water partition coefficient (Wildman–Crippen LogP) is 4.15. The maximum absolute atomic E-state index is 12.3. The average Bonchev–Trinajstić information content (AvgIpc) is 3.13. The molecule has 8 heteroatoms. The summed E-state index contributed by atoms with van der Waals surface area (Å²) in [6.07, 6.45) is 0. The van der Waals surface area contributed by atoms with Gasteiger partial charge in [-0.3, -0.25) is 4.79 Å². The van der Waals surface area contributed by atoms with Gasteiger partial charge in [0.25, 0.3) is 5.91 Å². The zero-order valence-electron chi connectivity index (χ0n) is 17.0. The van der Waals surface area contributed by atoms with Crippen molar-refractivity contribution in [3.8, 4) is 11.9 Å². The minimum atomic E-state index is -0.240. The van der Waals surface area contributed by atoms with Crippen LogP contribution >= 0.6 is 0 Å². The molecule has 0 radical (unpaired) electrons. The van der Waals surface area contributed by atoms with E-state index in [1.165, 1.54) is 0 Å². The van der Waals surface area contributed by atoms with Crippen molar-refractivity contribution in [3.05, 3.63) is 89.2 Å². The molecule has 0 spiro atoms. The van der Waals surface area contributed by atoms with Crippen LogP contribution in [0.4, 0.5) is 17.2 Å². The highest BCUT2D eigenvalue weighted by atomic mass is 16.1. The molecular weight excluding hydrogens is 390 g/mol. The van der Waals surface area contributed by atoms with Gasteiger partial charge in [-0.15, -0.1) is 10.2 Å². The lowest BCUT2D eigenvalue weighted by Gasteiger charge is -2.09. The Bertz CT molecular complexity index is 1250. The molecule has 4 aromatic rings. The van der Waals surface area contributed by atoms with Crippen molar-refractivity contribution in [2.45, 2.75) is 13.8 Å². The number of carbonyl (C=O) groups excluding carboxylic acids is 1. The van der Waals surface area contributed by atoms with E-state index in [2.05, 4.69) is 25.9 Å². The van der Waals surface area contributed by atoms with Crippen LogP contribution in [0.5, 0.6) is 0 Å². The van der Waals surface area contributed by atoms with E-state index >= 15 is 0 Å². The molecule has 0 aliphatic rings. The molecule has 2 N–H and O–H groups in total. The van der Waals surface area contributed by atoms with E-state index in [9.17, 15) is 4.79 Å². The Morgan fingerprint density at radius 3 is 2.23 bits per heavy atom. The number of nitrogens with one attached hydrogen (secondary N) is 2. The third kappa shape index (κ3) is 4.57. The minimum absolute atomic E-state index is 0.240. The topological polar surface area (TPSA) is 109 Å². The van der Waals surface area contributed by atoms with Gasteiger partial charge < -0.3 is 10.6 Å². The van der Waals surface area contributed by atoms with Gasteiger partial charge in [-0.25, -0.2) is 4.68 Å². The number of hydrogen-bond donors (Lipinski definition) is 2. The predicted molar refractivity (Wildman–Crippen MR) is 117 cm³/mol. The fourth-order valence-electron chi connectivity index (χ4n) is 3.05. The number of hydrogen-bond acceptors (Lipinski definition) is 6. The molecule has 31 heavy (non-hydrogen) atoms. The Labute approximate surface area is 179 Å². The first-order chi connectivity index (χ1) is 15.0. The summed E-state index contributed by atoms with van der Waals surface area (Å²) in [5, 5.41) is 27.7. The highest BCUT2D eigenvalue weighted by Crippen LogP contribution is 2.19. The molecule has 0 saturated heterocycles. The number of carbonyl (C=O) groups is 1. The van der Waals surface area contributed by atoms with Crippen molar-refractivity contribution in [2.75, 3.05) is 10.6 Å². The van der Waals surface area contributed by atoms with E-state index in [0.717, 1.165) is 17.1 Å². The quantitative estimate of drug-likeness (QED) is 0.513. The molecule has 1 amide bonds. The van der Waals surface area contributed by atoms with Crippen molar-refractivity contribution in [1.29, 1.82) is 5.26 Å². The lowest BCUT2D eigenvalue weighted by atomic mass is 10.1. The van der Waals surface area contributed by atoms with E-state index < -0.39 is 0 Å². The van der Waals surface area contributed by atoms with Crippen LogP contribution in [0, 0.1) is 25.2 Å². The normalized spacial score (nSPS) is 10.4. The maximum atomic E-state index is 12.3. The van der Waals surface area contributed by atoms with Crippen LogP contribution in [0.3, 0.4) is 0 Å². The first-order valence-corrected chi connectivity index (χ1v) is 9.58. The number of aryl methyl sites for hydroxylation is 2. The van der Waals surface area contributed by atoms with Crippen molar-refractivity contribution < 1.29 is 4.79 Å². The fraction of sp³-hybridized carbons (Fsp3) is 0.0870. The highest BCUT2D eigenvalue weighted by Gasteiger charge is 2.08. The van der Waals surface area contributed by atoms with E-state index in [1.54, 1.807) is 41.1 Å². The molecule has 0 aliphatic heterocycles. The van der Waals surface area contributed by atoms with Gasteiger partial charge in [-0.2, -0.15) is 10.4 Å². The molecule has 4 rings (SSSR count). The highest BCUT2D eigenvalue weighted by molar-refractivity contribution is 6.04. The van der Waals surface area contributed by atoms with Crippen molar-refractivity contribution >= 4 is 23.1 Å². The summed E-state index contributed by atoms with van der Waals surface area (Å²) in [5.74, 6) is 1.01. The third-order valence-electron chi connectivity index (χ3n) is 4.57. The molecule has 8 nitrogen and oxygen atoms in total. The van der Waals surface area contributed by atoms with Gasteiger partial charge in [0.05, 0.1) is 17.3 Å². The number of nitrogens with zero attached hydrogens (tertiary/aromatic N) is 5. The Hall–Kier alpha value is -4.51. The summed E-state index contributed by atoms with van der Waals surface area (Å²) in [4.78, 5) is 12.3. The molecule has 2 aromatic heterocycles. The summed E-state index contributed by atoms with van der Waals surface area (Å²) in [6.45, 7) is 3.90. The van der Waals surface area contributed by atoms with Crippen LogP contribution < -0.4 is 10.6 Å². The molecule has 0 bridgehead atoms. The minimum Gasteiger partial charge on any atom is -0.339 e. The van der Waals surface area contributed by atoms with Gasteiger partial charge in [0, 0.05) is 22.6 Å². The lowest BCUT2D eigenvalue weighted by molar-refractivity contribution is 0.102. The number of rotatable bonds is 5. The van der Waals surface area contributed by atoms with Crippen molar-refractivity contribution in [2.24, 2.45) is 0 Å². The Morgan fingerprint density at radius 2 is 1.65 bits per heavy atom. The maximum Gasteiger partial charge on any atom is 0.255 e. The zero-order chi connectivity index (χ0) is 21.8. The number of anilines is 3. The molecule has 0 aliphatic carbocycles. The summed E-state index contributed by atoms with van der Waals surface area (Å²) >= 11 is 0. The van der Waals surface area contributed by atoms with Crippen LogP contribution in [0.25, 0.3) is 5.82 Å².